The number of nitrogens with two attached hydrogens (primary N) is 1. The molecule has 1 amide bonds. The minimum absolute atomic E-state index is 0.138. The summed E-state index contributed by atoms with van der Waals surface area (Å²) in [6, 6.07) is 5.31. The normalized spacial score (nSPS) is 20.1. The van der Waals surface area contributed by atoms with Crippen molar-refractivity contribution in [2.24, 2.45) is 5.73 Å². The number of anilines is 1. The van der Waals surface area contributed by atoms with Gasteiger partial charge in [-0.2, -0.15) is 8.42 Å². The fourth-order valence-electron chi connectivity index (χ4n) is 2.24. The maximum atomic E-state index is 13.0. The van der Waals surface area contributed by atoms with E-state index in [1.54, 1.807) is 19.1 Å². The molecule has 0 saturated carbocycles. The van der Waals surface area contributed by atoms with Crippen LogP contribution in [0.15, 0.2) is 18.2 Å². The summed E-state index contributed by atoms with van der Waals surface area (Å²) in [5.74, 6) is -0.380. The Morgan fingerprint density at radius 2 is 2.16 bits per heavy atom. The van der Waals surface area contributed by atoms with Gasteiger partial charge in [0.05, 0.1) is 0 Å². The van der Waals surface area contributed by atoms with E-state index in [-0.39, 0.29) is 18.9 Å². The van der Waals surface area contributed by atoms with Crippen LogP contribution < -0.4 is 10.6 Å². The van der Waals surface area contributed by atoms with Crippen LogP contribution in [0.2, 0.25) is 0 Å². The van der Waals surface area contributed by atoms with Gasteiger partial charge in [0.2, 0.25) is 5.91 Å². The molecule has 0 spiro atoms. The smallest absolute Gasteiger partial charge is 0.307 e. The van der Waals surface area contributed by atoms with Gasteiger partial charge in [0.1, 0.15) is 5.25 Å². The van der Waals surface area contributed by atoms with Crippen molar-refractivity contribution in [1.82, 2.24) is 0 Å². The van der Waals surface area contributed by atoms with Gasteiger partial charge in [-0.05, 0) is 24.1 Å². The number of benzene rings is 1. The molecule has 1 aliphatic heterocycles. The first-order valence-corrected chi connectivity index (χ1v) is 7.31. The molecule has 19 heavy (non-hydrogen) atoms. The highest BCUT2D eigenvalue weighted by Gasteiger charge is 2.39. The Bertz CT molecular complexity index is 615. The molecule has 7 heteroatoms. The lowest BCUT2D eigenvalue weighted by Gasteiger charge is -2.19. The first-order valence-electron chi connectivity index (χ1n) is 5.86. The molecule has 1 aliphatic rings. The van der Waals surface area contributed by atoms with Gasteiger partial charge in [-0.15, -0.1) is 3.89 Å². The molecule has 0 bridgehead atoms. The summed E-state index contributed by atoms with van der Waals surface area (Å²) < 4.78 is 34.7. The summed E-state index contributed by atoms with van der Waals surface area (Å²) in [6.07, 6.45) is -0.309. The molecule has 1 aromatic carbocycles. The van der Waals surface area contributed by atoms with Crippen LogP contribution in [0.3, 0.4) is 0 Å². The van der Waals surface area contributed by atoms with Gasteiger partial charge in [0.25, 0.3) is 0 Å². The van der Waals surface area contributed by atoms with E-state index in [9.17, 15) is 17.1 Å². The highest BCUT2D eigenvalue weighted by molar-refractivity contribution is 7.87. The lowest BCUT2D eigenvalue weighted by Crippen LogP contribution is -2.27. The minimum Gasteiger partial charge on any atom is -0.326 e. The molecule has 1 atom stereocenters. The molecule has 0 radical (unpaired) electrons. The maximum absolute atomic E-state index is 13.0. The van der Waals surface area contributed by atoms with E-state index in [0.29, 0.717) is 12.2 Å². The molecular weight excluding hydrogens is 271 g/mol. The van der Waals surface area contributed by atoms with Crippen LogP contribution in [0, 0.1) is 6.92 Å². The first kappa shape index (κ1) is 14.0. The van der Waals surface area contributed by atoms with Crippen LogP contribution in [0.4, 0.5) is 9.57 Å². The number of aryl methyl sites for hydroxylation is 1. The zero-order valence-corrected chi connectivity index (χ0v) is 11.3. The van der Waals surface area contributed by atoms with Crippen molar-refractivity contribution in [3.63, 3.8) is 0 Å². The molecule has 1 unspecified atom stereocenters. The molecule has 0 aliphatic carbocycles. The van der Waals surface area contributed by atoms with Crippen molar-refractivity contribution in [2.45, 2.75) is 25.1 Å². The fraction of sp³-hybridized carbons (Fsp3) is 0.417. The molecule has 1 saturated heterocycles. The van der Waals surface area contributed by atoms with Crippen LogP contribution >= 0.6 is 0 Å². The van der Waals surface area contributed by atoms with Crippen LogP contribution in [0.5, 0.6) is 0 Å². The average Bonchev–Trinajstić information content (AvgIpc) is 2.71. The van der Waals surface area contributed by atoms with Crippen LogP contribution in [-0.2, 0) is 21.6 Å². The molecule has 1 heterocycles. The Kier molecular flexibility index (Phi) is 3.60. The fourth-order valence-corrected chi connectivity index (χ4v) is 2.91. The number of carbonyl (C=O) groups excluding carboxylic acids is 1. The Labute approximate surface area is 111 Å². The summed E-state index contributed by atoms with van der Waals surface area (Å²) in [5, 5.41) is -1.27. The molecule has 2 N–H and O–H groups in total. The van der Waals surface area contributed by atoms with Gasteiger partial charge < -0.3 is 10.6 Å². The van der Waals surface area contributed by atoms with Crippen molar-refractivity contribution in [2.75, 3.05) is 11.4 Å². The van der Waals surface area contributed by atoms with Gasteiger partial charge in [0.15, 0.2) is 0 Å². The van der Waals surface area contributed by atoms with E-state index >= 15 is 0 Å². The third kappa shape index (κ3) is 2.76. The van der Waals surface area contributed by atoms with Gasteiger partial charge in [-0.25, -0.2) is 0 Å². The highest BCUT2D eigenvalue weighted by Crippen LogP contribution is 2.28. The van der Waals surface area contributed by atoms with Crippen LogP contribution in [0.25, 0.3) is 0 Å². The third-order valence-electron chi connectivity index (χ3n) is 3.28. The topological polar surface area (TPSA) is 80.5 Å². The predicted octanol–water partition coefficient (Wildman–Crippen LogP) is 0.858. The molecule has 2 rings (SSSR count). The number of rotatable bonds is 3. The van der Waals surface area contributed by atoms with E-state index < -0.39 is 15.5 Å². The number of hydrogen-bond acceptors (Lipinski definition) is 4. The SMILES string of the molecule is Cc1cc(CN)ccc1N1CC(S(=O)(=O)F)CC1=O. The lowest BCUT2D eigenvalue weighted by molar-refractivity contribution is -0.117. The molecule has 1 aromatic rings. The van der Waals surface area contributed by atoms with E-state index in [0.717, 1.165) is 11.1 Å². The number of nitrogens with zero attached hydrogens (tertiary/aromatic N) is 1. The Morgan fingerprint density at radius 3 is 2.63 bits per heavy atom. The number of halogens is 1. The standard InChI is InChI=1S/C12H15FN2O3S/c1-8-4-9(6-14)2-3-11(8)15-7-10(5-12(15)16)19(13,17)18/h2-4,10H,5-7,14H2,1H3. The van der Waals surface area contributed by atoms with Crippen molar-refractivity contribution >= 4 is 21.8 Å². The molecule has 0 aromatic heterocycles. The van der Waals surface area contributed by atoms with E-state index in [2.05, 4.69) is 0 Å². The van der Waals surface area contributed by atoms with Gasteiger partial charge in [-0.3, -0.25) is 4.79 Å². The Hall–Kier alpha value is -1.47. The maximum Gasteiger partial charge on any atom is 0.307 e. The van der Waals surface area contributed by atoms with Crippen LogP contribution in [-0.4, -0.2) is 26.1 Å². The number of amides is 1. The second kappa shape index (κ2) is 4.90. The molecule has 104 valence electrons. The van der Waals surface area contributed by atoms with Crippen molar-refractivity contribution in [3.8, 4) is 0 Å². The van der Waals surface area contributed by atoms with Crippen molar-refractivity contribution < 1.29 is 17.1 Å². The summed E-state index contributed by atoms with van der Waals surface area (Å²) >= 11 is 0. The molecule has 5 nitrogen and oxygen atoms in total. The summed E-state index contributed by atoms with van der Waals surface area (Å²) in [5.41, 5.74) is 7.86. The molecule has 1 fully saturated rings. The van der Waals surface area contributed by atoms with E-state index in [4.69, 9.17) is 5.73 Å². The highest BCUT2D eigenvalue weighted by atomic mass is 32.3. The third-order valence-corrected chi connectivity index (χ3v) is 4.39. The van der Waals surface area contributed by atoms with E-state index in [1.807, 2.05) is 6.07 Å². The second-order valence-electron chi connectivity index (χ2n) is 4.63. The second-order valence-corrected chi connectivity index (χ2v) is 6.25. The van der Waals surface area contributed by atoms with E-state index in [1.165, 1.54) is 4.90 Å². The molecular formula is C12H15FN2O3S. The van der Waals surface area contributed by atoms with Gasteiger partial charge in [0, 0.05) is 25.2 Å². The Morgan fingerprint density at radius 1 is 1.47 bits per heavy atom. The lowest BCUT2D eigenvalue weighted by atomic mass is 10.1. The summed E-state index contributed by atoms with van der Waals surface area (Å²) in [7, 11) is -4.68. The quantitative estimate of drug-likeness (QED) is 0.836. The zero-order valence-electron chi connectivity index (χ0n) is 10.5. The minimum atomic E-state index is -4.68. The monoisotopic (exact) mass is 286 g/mol. The van der Waals surface area contributed by atoms with Gasteiger partial charge >= 0.3 is 10.2 Å². The summed E-state index contributed by atoms with van der Waals surface area (Å²) in [6.45, 7) is 2.05. The van der Waals surface area contributed by atoms with Crippen molar-refractivity contribution in [3.05, 3.63) is 29.3 Å². The van der Waals surface area contributed by atoms with Crippen LogP contribution in [0.1, 0.15) is 17.5 Å². The summed E-state index contributed by atoms with van der Waals surface area (Å²) in [4.78, 5) is 13.1. The largest absolute Gasteiger partial charge is 0.326 e. The van der Waals surface area contributed by atoms with Gasteiger partial charge in [-0.1, -0.05) is 12.1 Å². The number of carbonyl (C=O) groups is 1. The number of hydrogen-bond donors (Lipinski definition) is 1. The average molecular weight is 286 g/mol. The predicted molar refractivity (Wildman–Crippen MR) is 69.9 cm³/mol. The van der Waals surface area contributed by atoms with Crippen molar-refractivity contribution in [1.29, 1.82) is 0 Å². The Balaban J connectivity index is 2.31. The zero-order chi connectivity index (χ0) is 14.2. The first-order chi connectivity index (χ1) is 8.82.